The Morgan fingerprint density at radius 2 is 1.88 bits per heavy atom. The molecule has 1 aromatic carbocycles. The van der Waals surface area contributed by atoms with E-state index in [1.54, 1.807) is 24.9 Å². The normalized spacial score (nSPS) is 12.2. The number of nitrogens with one attached hydrogen (secondary N) is 1. The fourth-order valence-electron chi connectivity index (χ4n) is 2.62. The molecule has 0 aliphatic heterocycles. The molecule has 0 aliphatic carbocycles. The molecule has 0 fully saturated rings. The Morgan fingerprint density at radius 3 is 2.75 bits per heavy atom. The van der Waals surface area contributed by atoms with Crippen LogP contribution in [0.1, 0.15) is 18.5 Å². The molecule has 0 bridgehead atoms. The van der Waals surface area contributed by atoms with Crippen LogP contribution in [0, 0.1) is 0 Å². The van der Waals surface area contributed by atoms with Gasteiger partial charge in [-0.3, -0.25) is 9.55 Å². The second kappa shape index (κ2) is 6.08. The number of aromatic nitrogens is 5. The first-order valence-corrected chi connectivity index (χ1v) is 7.73. The van der Waals surface area contributed by atoms with Crippen molar-refractivity contribution in [2.24, 2.45) is 0 Å². The topological polar surface area (TPSA) is 68.5 Å². The molecule has 4 aromatic rings. The molecule has 3 aromatic heterocycles. The summed E-state index contributed by atoms with van der Waals surface area (Å²) in [7, 11) is 0. The van der Waals surface area contributed by atoms with Gasteiger partial charge in [0.1, 0.15) is 12.1 Å². The molecule has 0 aliphatic rings. The van der Waals surface area contributed by atoms with Gasteiger partial charge in [-0.1, -0.05) is 30.3 Å². The van der Waals surface area contributed by atoms with E-state index in [0.717, 1.165) is 11.3 Å². The summed E-state index contributed by atoms with van der Waals surface area (Å²) in [6, 6.07) is 14.2. The van der Waals surface area contributed by atoms with Crippen molar-refractivity contribution in [3.63, 3.8) is 0 Å². The Kier molecular flexibility index (Phi) is 3.63. The highest BCUT2D eigenvalue weighted by atomic mass is 15.2. The molecule has 0 spiro atoms. The number of rotatable bonds is 4. The molecule has 3 heterocycles. The quantitative estimate of drug-likeness (QED) is 0.625. The molecule has 0 unspecified atom stereocenters. The Bertz CT molecular complexity index is 963. The molecule has 4 rings (SSSR count). The number of pyridine rings is 1. The molecule has 0 radical (unpaired) electrons. The second-order valence-corrected chi connectivity index (χ2v) is 5.50. The maximum absolute atomic E-state index is 4.65. The monoisotopic (exact) mass is 316 g/mol. The third-order valence-corrected chi connectivity index (χ3v) is 3.85. The minimum atomic E-state index is 0.136. The van der Waals surface area contributed by atoms with Gasteiger partial charge in [0.25, 0.3) is 0 Å². The lowest BCUT2D eigenvalue weighted by atomic mass is 10.1. The van der Waals surface area contributed by atoms with E-state index in [1.807, 2.05) is 34.9 Å². The van der Waals surface area contributed by atoms with Crippen molar-refractivity contribution in [2.75, 3.05) is 5.32 Å². The summed E-state index contributed by atoms with van der Waals surface area (Å²) in [5.41, 5.74) is 2.79. The first-order valence-electron chi connectivity index (χ1n) is 7.73. The van der Waals surface area contributed by atoms with Gasteiger partial charge in [-0.25, -0.2) is 15.0 Å². The van der Waals surface area contributed by atoms with Crippen LogP contribution in [0.2, 0.25) is 0 Å². The Hall–Kier alpha value is -3.28. The first-order chi connectivity index (χ1) is 11.8. The molecule has 24 heavy (non-hydrogen) atoms. The van der Waals surface area contributed by atoms with E-state index in [0.29, 0.717) is 11.5 Å². The van der Waals surface area contributed by atoms with E-state index >= 15 is 0 Å². The van der Waals surface area contributed by atoms with Crippen molar-refractivity contribution in [1.82, 2.24) is 24.5 Å². The average molecular weight is 316 g/mol. The molecule has 1 N–H and O–H groups in total. The van der Waals surface area contributed by atoms with Crippen molar-refractivity contribution >= 4 is 17.0 Å². The van der Waals surface area contributed by atoms with Crippen LogP contribution in [0.25, 0.3) is 17.0 Å². The van der Waals surface area contributed by atoms with E-state index < -0.39 is 0 Å². The van der Waals surface area contributed by atoms with E-state index in [2.05, 4.69) is 44.3 Å². The molecule has 6 heteroatoms. The van der Waals surface area contributed by atoms with Crippen LogP contribution in [0.3, 0.4) is 0 Å². The highest BCUT2D eigenvalue weighted by Crippen LogP contribution is 2.19. The highest BCUT2D eigenvalue weighted by molar-refractivity contribution is 5.72. The van der Waals surface area contributed by atoms with Gasteiger partial charge >= 0.3 is 0 Å². The number of hydrogen-bond donors (Lipinski definition) is 1. The van der Waals surface area contributed by atoms with Gasteiger partial charge in [0, 0.05) is 12.2 Å². The molecule has 118 valence electrons. The van der Waals surface area contributed by atoms with Gasteiger partial charge in [-0.05, 0) is 24.6 Å². The lowest BCUT2D eigenvalue weighted by Crippen LogP contribution is -2.09. The lowest BCUT2D eigenvalue weighted by molar-refractivity contribution is 0.865. The van der Waals surface area contributed by atoms with Crippen LogP contribution in [0.4, 0.5) is 5.82 Å². The molecular weight excluding hydrogens is 300 g/mol. The summed E-state index contributed by atoms with van der Waals surface area (Å²) in [6.45, 7) is 2.10. The summed E-state index contributed by atoms with van der Waals surface area (Å²) < 4.78 is 1.88. The number of hydrogen-bond acceptors (Lipinski definition) is 5. The number of fused-ring (bicyclic) bond motifs is 1. The van der Waals surface area contributed by atoms with E-state index in [4.69, 9.17) is 0 Å². The second-order valence-electron chi connectivity index (χ2n) is 5.50. The summed E-state index contributed by atoms with van der Waals surface area (Å²) in [6.07, 6.45) is 6.88. The van der Waals surface area contributed by atoms with Crippen molar-refractivity contribution in [3.8, 4) is 5.82 Å². The highest BCUT2D eigenvalue weighted by Gasteiger charge is 2.09. The minimum absolute atomic E-state index is 0.136. The largest absolute Gasteiger partial charge is 0.362 e. The molecule has 1 atom stereocenters. The van der Waals surface area contributed by atoms with Gasteiger partial charge in [0.15, 0.2) is 11.5 Å². The predicted octanol–water partition coefficient (Wildman–Crippen LogP) is 3.38. The van der Waals surface area contributed by atoms with Crippen LogP contribution < -0.4 is 5.32 Å². The molecular formula is C18H16N6. The van der Waals surface area contributed by atoms with Crippen molar-refractivity contribution < 1.29 is 0 Å². The van der Waals surface area contributed by atoms with Crippen LogP contribution in [-0.4, -0.2) is 24.5 Å². The predicted molar refractivity (Wildman–Crippen MR) is 92.9 cm³/mol. The van der Waals surface area contributed by atoms with Crippen LogP contribution in [-0.2, 0) is 0 Å². The maximum Gasteiger partial charge on any atom is 0.177 e. The van der Waals surface area contributed by atoms with Crippen LogP contribution >= 0.6 is 0 Å². The van der Waals surface area contributed by atoms with Crippen molar-refractivity contribution in [1.29, 1.82) is 0 Å². The van der Waals surface area contributed by atoms with Gasteiger partial charge in [0.2, 0.25) is 0 Å². The van der Waals surface area contributed by atoms with E-state index in [1.165, 1.54) is 5.56 Å². The average Bonchev–Trinajstić information content (AvgIpc) is 3.07. The molecule has 0 saturated carbocycles. The maximum atomic E-state index is 4.65. The van der Waals surface area contributed by atoms with Crippen molar-refractivity contribution in [2.45, 2.75) is 13.0 Å². The van der Waals surface area contributed by atoms with Crippen LogP contribution in [0.5, 0.6) is 0 Å². The third-order valence-electron chi connectivity index (χ3n) is 3.85. The Morgan fingerprint density at radius 1 is 1.00 bits per heavy atom. The summed E-state index contributed by atoms with van der Waals surface area (Å²) >= 11 is 0. The Labute approximate surface area is 139 Å². The zero-order chi connectivity index (χ0) is 16.4. The molecule has 6 nitrogen and oxygen atoms in total. The zero-order valence-corrected chi connectivity index (χ0v) is 13.2. The van der Waals surface area contributed by atoms with Gasteiger partial charge in [-0.2, -0.15) is 0 Å². The van der Waals surface area contributed by atoms with E-state index in [-0.39, 0.29) is 6.04 Å². The smallest absolute Gasteiger partial charge is 0.177 e. The number of benzene rings is 1. The standard InChI is InChI=1S/C18H16N6/c1-13(14-6-3-2-4-7-14)22-16-10-19-11-17(23-16)24-12-21-18-15(24)8-5-9-20-18/h2-13H,1H3,(H,22,23)/t13-/m1/s1. The summed E-state index contributed by atoms with van der Waals surface area (Å²) in [5.74, 6) is 1.42. The zero-order valence-electron chi connectivity index (χ0n) is 13.2. The van der Waals surface area contributed by atoms with Crippen molar-refractivity contribution in [3.05, 3.63) is 72.9 Å². The SMILES string of the molecule is C[C@@H](Nc1cncc(-n2cnc3ncccc32)n1)c1ccccc1. The molecule has 0 saturated heterocycles. The van der Waals surface area contributed by atoms with E-state index in [9.17, 15) is 0 Å². The number of imidazole rings is 1. The van der Waals surface area contributed by atoms with Gasteiger partial charge in [-0.15, -0.1) is 0 Å². The van der Waals surface area contributed by atoms with Gasteiger partial charge in [0.05, 0.1) is 17.9 Å². The number of anilines is 1. The minimum Gasteiger partial charge on any atom is -0.362 e. The van der Waals surface area contributed by atoms with Crippen LogP contribution in [0.15, 0.2) is 67.4 Å². The summed E-state index contributed by atoms with van der Waals surface area (Å²) in [5, 5.41) is 3.39. The summed E-state index contributed by atoms with van der Waals surface area (Å²) in [4.78, 5) is 17.5. The third kappa shape index (κ3) is 2.69. The fourth-order valence-corrected chi connectivity index (χ4v) is 2.62. The fraction of sp³-hybridized carbons (Fsp3) is 0.111. The lowest BCUT2D eigenvalue weighted by Gasteiger charge is -2.15. The Balaban J connectivity index is 1.64. The molecule has 0 amide bonds. The first kappa shape index (κ1) is 14.3. The van der Waals surface area contributed by atoms with Gasteiger partial charge < -0.3 is 5.32 Å². The number of nitrogens with zero attached hydrogens (tertiary/aromatic N) is 5.